The molecule has 18 heavy (non-hydrogen) atoms. The third kappa shape index (κ3) is 4.58. The molecule has 102 valence electrons. The first-order chi connectivity index (χ1) is 8.69. The van der Waals surface area contributed by atoms with Crippen molar-refractivity contribution in [3.63, 3.8) is 0 Å². The lowest BCUT2D eigenvalue weighted by Crippen LogP contribution is -2.06. The van der Waals surface area contributed by atoms with Crippen molar-refractivity contribution >= 4 is 0 Å². The Balaban J connectivity index is 2.54. The molecule has 0 unspecified atom stereocenters. The molecule has 0 aliphatic rings. The SMILES string of the molecule is COCCCCOc1c(F)cc(CCN)cc1F. The number of hydrogen-bond acceptors (Lipinski definition) is 3. The summed E-state index contributed by atoms with van der Waals surface area (Å²) in [5, 5.41) is 0. The zero-order valence-corrected chi connectivity index (χ0v) is 10.5. The monoisotopic (exact) mass is 259 g/mol. The van der Waals surface area contributed by atoms with Gasteiger partial charge in [-0.15, -0.1) is 0 Å². The van der Waals surface area contributed by atoms with Gasteiger partial charge in [-0.25, -0.2) is 8.78 Å². The number of halogens is 2. The van der Waals surface area contributed by atoms with Crippen molar-refractivity contribution in [2.45, 2.75) is 19.3 Å². The molecule has 1 rings (SSSR count). The molecule has 0 amide bonds. The number of hydrogen-bond donors (Lipinski definition) is 1. The molecular formula is C13H19F2NO2. The van der Waals surface area contributed by atoms with E-state index in [0.717, 1.165) is 6.42 Å². The van der Waals surface area contributed by atoms with Crippen LogP contribution in [-0.4, -0.2) is 26.9 Å². The summed E-state index contributed by atoms with van der Waals surface area (Å²) in [6, 6.07) is 2.53. The number of unbranched alkanes of at least 4 members (excludes halogenated alkanes) is 1. The van der Waals surface area contributed by atoms with Gasteiger partial charge >= 0.3 is 0 Å². The molecule has 0 aliphatic carbocycles. The van der Waals surface area contributed by atoms with Crippen LogP contribution >= 0.6 is 0 Å². The van der Waals surface area contributed by atoms with Gasteiger partial charge < -0.3 is 15.2 Å². The third-order valence-corrected chi connectivity index (χ3v) is 2.48. The number of ether oxygens (including phenoxy) is 2. The second kappa shape index (κ2) is 8.00. The van der Waals surface area contributed by atoms with Crippen LogP contribution in [0.15, 0.2) is 12.1 Å². The van der Waals surface area contributed by atoms with Gasteiger partial charge in [0.25, 0.3) is 0 Å². The Hall–Kier alpha value is -1.20. The van der Waals surface area contributed by atoms with Crippen molar-refractivity contribution in [1.29, 1.82) is 0 Å². The highest BCUT2D eigenvalue weighted by molar-refractivity contribution is 5.31. The van der Waals surface area contributed by atoms with Crippen LogP contribution in [-0.2, 0) is 11.2 Å². The highest BCUT2D eigenvalue weighted by Crippen LogP contribution is 2.23. The number of nitrogens with two attached hydrogens (primary N) is 1. The highest BCUT2D eigenvalue weighted by Gasteiger charge is 2.12. The van der Waals surface area contributed by atoms with Crippen LogP contribution in [0, 0.1) is 11.6 Å². The lowest BCUT2D eigenvalue weighted by Gasteiger charge is -2.09. The number of rotatable bonds is 8. The second-order valence-corrected chi connectivity index (χ2v) is 3.98. The number of benzene rings is 1. The van der Waals surface area contributed by atoms with Crippen molar-refractivity contribution in [1.82, 2.24) is 0 Å². The van der Waals surface area contributed by atoms with Crippen LogP contribution in [0.5, 0.6) is 5.75 Å². The van der Waals surface area contributed by atoms with Crippen LogP contribution in [0.3, 0.4) is 0 Å². The summed E-state index contributed by atoms with van der Waals surface area (Å²) in [5.41, 5.74) is 5.88. The van der Waals surface area contributed by atoms with Gasteiger partial charge in [-0.3, -0.25) is 0 Å². The minimum absolute atomic E-state index is 0.271. The zero-order chi connectivity index (χ0) is 13.4. The molecule has 0 bridgehead atoms. The fourth-order valence-corrected chi connectivity index (χ4v) is 1.58. The smallest absolute Gasteiger partial charge is 0.190 e. The summed E-state index contributed by atoms with van der Waals surface area (Å²) in [7, 11) is 1.61. The van der Waals surface area contributed by atoms with E-state index in [1.54, 1.807) is 7.11 Å². The Morgan fingerprint density at radius 1 is 1.11 bits per heavy atom. The predicted octanol–water partition coefficient (Wildman–Crippen LogP) is 2.27. The Labute approximate surface area is 106 Å². The topological polar surface area (TPSA) is 44.5 Å². The fraction of sp³-hybridized carbons (Fsp3) is 0.538. The molecule has 2 N–H and O–H groups in total. The van der Waals surface area contributed by atoms with Gasteiger partial charge in [0.1, 0.15) is 0 Å². The van der Waals surface area contributed by atoms with Crippen molar-refractivity contribution in [3.8, 4) is 5.75 Å². The molecule has 0 radical (unpaired) electrons. The molecule has 1 aromatic rings. The molecule has 0 fully saturated rings. The van der Waals surface area contributed by atoms with E-state index in [1.165, 1.54) is 12.1 Å². The molecule has 3 nitrogen and oxygen atoms in total. The molecule has 0 aliphatic heterocycles. The fourth-order valence-electron chi connectivity index (χ4n) is 1.58. The van der Waals surface area contributed by atoms with E-state index in [-0.39, 0.29) is 12.4 Å². The molecule has 0 saturated heterocycles. The van der Waals surface area contributed by atoms with Crippen LogP contribution in [0.1, 0.15) is 18.4 Å². The molecule has 0 spiro atoms. The normalized spacial score (nSPS) is 10.7. The van der Waals surface area contributed by atoms with Gasteiger partial charge in [0.15, 0.2) is 17.4 Å². The molecule has 0 aromatic heterocycles. The van der Waals surface area contributed by atoms with E-state index in [0.29, 0.717) is 31.6 Å². The summed E-state index contributed by atoms with van der Waals surface area (Å²) in [5.74, 6) is -1.66. The number of methoxy groups -OCH3 is 1. The largest absolute Gasteiger partial charge is 0.488 e. The second-order valence-electron chi connectivity index (χ2n) is 3.98. The molecule has 0 saturated carbocycles. The average molecular weight is 259 g/mol. The van der Waals surface area contributed by atoms with E-state index in [1.807, 2.05) is 0 Å². The highest BCUT2D eigenvalue weighted by atomic mass is 19.1. The van der Waals surface area contributed by atoms with E-state index in [4.69, 9.17) is 15.2 Å². The summed E-state index contributed by atoms with van der Waals surface area (Å²) >= 11 is 0. The molecular weight excluding hydrogens is 240 g/mol. The van der Waals surface area contributed by atoms with Crippen LogP contribution in [0.4, 0.5) is 8.78 Å². The maximum Gasteiger partial charge on any atom is 0.190 e. The van der Waals surface area contributed by atoms with Crippen LogP contribution < -0.4 is 10.5 Å². The molecule has 0 heterocycles. The van der Waals surface area contributed by atoms with Gasteiger partial charge in [-0.05, 0) is 43.5 Å². The first kappa shape index (κ1) is 14.9. The van der Waals surface area contributed by atoms with Crippen molar-refractivity contribution < 1.29 is 18.3 Å². The zero-order valence-electron chi connectivity index (χ0n) is 10.5. The Morgan fingerprint density at radius 2 is 1.72 bits per heavy atom. The minimum Gasteiger partial charge on any atom is -0.488 e. The molecule has 1 aromatic carbocycles. The Kier molecular flexibility index (Phi) is 6.60. The maximum atomic E-state index is 13.6. The van der Waals surface area contributed by atoms with Crippen molar-refractivity contribution in [2.75, 3.05) is 26.9 Å². The van der Waals surface area contributed by atoms with E-state index in [2.05, 4.69) is 0 Å². The standard InChI is InChI=1S/C13H19F2NO2/c1-17-6-2-3-7-18-13-11(14)8-10(4-5-16)9-12(13)15/h8-9H,2-7,16H2,1H3. The summed E-state index contributed by atoms with van der Waals surface area (Å²) < 4.78 is 37.1. The van der Waals surface area contributed by atoms with Crippen LogP contribution in [0.25, 0.3) is 0 Å². The lowest BCUT2D eigenvalue weighted by atomic mass is 10.1. The van der Waals surface area contributed by atoms with Gasteiger partial charge in [0, 0.05) is 13.7 Å². The Morgan fingerprint density at radius 3 is 2.28 bits per heavy atom. The van der Waals surface area contributed by atoms with Crippen molar-refractivity contribution in [2.24, 2.45) is 5.73 Å². The quantitative estimate of drug-likeness (QED) is 0.728. The molecule has 0 atom stereocenters. The van der Waals surface area contributed by atoms with E-state index in [9.17, 15) is 8.78 Å². The van der Waals surface area contributed by atoms with Crippen LogP contribution in [0.2, 0.25) is 0 Å². The summed E-state index contributed by atoms with van der Waals surface area (Å²) in [6.45, 7) is 1.24. The minimum atomic E-state index is -0.676. The first-order valence-electron chi connectivity index (χ1n) is 5.98. The van der Waals surface area contributed by atoms with Gasteiger partial charge in [-0.1, -0.05) is 0 Å². The third-order valence-electron chi connectivity index (χ3n) is 2.48. The molecule has 5 heteroatoms. The first-order valence-corrected chi connectivity index (χ1v) is 5.98. The average Bonchev–Trinajstić information content (AvgIpc) is 2.32. The van der Waals surface area contributed by atoms with E-state index >= 15 is 0 Å². The summed E-state index contributed by atoms with van der Waals surface area (Å²) in [6.07, 6.45) is 1.93. The Bertz CT molecular complexity index is 349. The maximum absolute atomic E-state index is 13.6. The predicted molar refractivity (Wildman–Crippen MR) is 65.7 cm³/mol. The van der Waals surface area contributed by atoms with Gasteiger partial charge in [-0.2, -0.15) is 0 Å². The summed E-state index contributed by atoms with van der Waals surface area (Å²) in [4.78, 5) is 0. The lowest BCUT2D eigenvalue weighted by molar-refractivity contribution is 0.182. The van der Waals surface area contributed by atoms with Crippen molar-refractivity contribution in [3.05, 3.63) is 29.3 Å². The van der Waals surface area contributed by atoms with E-state index < -0.39 is 11.6 Å². The van der Waals surface area contributed by atoms with Gasteiger partial charge in [0.05, 0.1) is 6.61 Å². The van der Waals surface area contributed by atoms with Gasteiger partial charge in [0.2, 0.25) is 0 Å².